The van der Waals surface area contributed by atoms with Crippen LogP contribution in [0.15, 0.2) is 5.10 Å². The van der Waals surface area contributed by atoms with Gasteiger partial charge in [-0.15, -0.1) is 0 Å². The second kappa shape index (κ2) is 4.78. The number of nitrogens with zero attached hydrogens (tertiary/aromatic N) is 1. The molecule has 0 aromatic carbocycles. The molecule has 4 nitrogen and oxygen atoms in total. The Morgan fingerprint density at radius 2 is 2.30 bits per heavy atom. The second-order valence-electron chi connectivity index (χ2n) is 1.85. The van der Waals surface area contributed by atoms with Crippen molar-refractivity contribution in [3.05, 3.63) is 0 Å². The molecule has 0 aromatic heterocycles. The van der Waals surface area contributed by atoms with Crippen LogP contribution in [0.1, 0.15) is 20.3 Å². The molecule has 58 valence electrons. The van der Waals surface area contributed by atoms with Gasteiger partial charge in [0.15, 0.2) is 0 Å². The molecule has 4 heteroatoms. The molecule has 0 bridgehead atoms. The minimum Gasteiger partial charge on any atom is -0.466 e. The van der Waals surface area contributed by atoms with E-state index in [2.05, 4.69) is 9.84 Å². The second-order valence-corrected chi connectivity index (χ2v) is 1.85. The van der Waals surface area contributed by atoms with Gasteiger partial charge < -0.3 is 10.6 Å². The summed E-state index contributed by atoms with van der Waals surface area (Å²) in [4.78, 5) is 10.7. The molecule has 0 aliphatic heterocycles. The zero-order valence-electron chi connectivity index (χ0n) is 6.26. The van der Waals surface area contributed by atoms with Crippen molar-refractivity contribution in [2.45, 2.75) is 20.3 Å². The Morgan fingerprint density at radius 3 is 2.70 bits per heavy atom. The number of ether oxygens (including phenoxy) is 1. The number of esters is 1. The summed E-state index contributed by atoms with van der Waals surface area (Å²) in [6, 6.07) is 0. The molecule has 0 spiro atoms. The van der Waals surface area contributed by atoms with Gasteiger partial charge in [0.25, 0.3) is 0 Å². The molecule has 0 saturated heterocycles. The van der Waals surface area contributed by atoms with Crippen LogP contribution < -0.4 is 5.84 Å². The van der Waals surface area contributed by atoms with Crippen molar-refractivity contribution in [2.24, 2.45) is 10.9 Å². The summed E-state index contributed by atoms with van der Waals surface area (Å²) in [5.41, 5.74) is 0.582. The zero-order valence-corrected chi connectivity index (χ0v) is 6.26. The molecule has 10 heavy (non-hydrogen) atoms. The largest absolute Gasteiger partial charge is 0.466 e. The monoisotopic (exact) mass is 144 g/mol. The Balaban J connectivity index is 3.58. The highest BCUT2D eigenvalue weighted by Gasteiger charge is 2.02. The van der Waals surface area contributed by atoms with Crippen molar-refractivity contribution in [3.8, 4) is 0 Å². The first kappa shape index (κ1) is 8.94. The average Bonchev–Trinajstić information content (AvgIpc) is 1.88. The average molecular weight is 144 g/mol. The Kier molecular flexibility index (Phi) is 4.28. The third-order valence-electron chi connectivity index (χ3n) is 0.926. The maximum atomic E-state index is 10.7. The first-order chi connectivity index (χ1) is 4.70. The fourth-order valence-corrected chi connectivity index (χ4v) is 0.467. The quantitative estimate of drug-likeness (QED) is 0.268. The third-order valence-corrected chi connectivity index (χ3v) is 0.926. The fraction of sp³-hybridized carbons (Fsp3) is 0.667. The van der Waals surface area contributed by atoms with Gasteiger partial charge in [0.05, 0.1) is 13.0 Å². The van der Waals surface area contributed by atoms with Gasteiger partial charge in [0.1, 0.15) is 0 Å². The standard InChI is InChI=1S/C6H12N2O2/c1-3-10-6(9)4-5(2)8-7/h3-4,7H2,1-2H3/b8-5+. The highest BCUT2D eigenvalue weighted by atomic mass is 16.5. The lowest BCUT2D eigenvalue weighted by molar-refractivity contribution is -0.141. The molecule has 0 heterocycles. The number of hydrogen-bond acceptors (Lipinski definition) is 4. The Morgan fingerprint density at radius 1 is 1.70 bits per heavy atom. The fourth-order valence-electron chi connectivity index (χ4n) is 0.467. The summed E-state index contributed by atoms with van der Waals surface area (Å²) in [6.45, 7) is 3.83. The maximum absolute atomic E-state index is 10.7. The normalized spacial score (nSPS) is 11.2. The van der Waals surface area contributed by atoms with Gasteiger partial charge in [-0.1, -0.05) is 0 Å². The van der Waals surface area contributed by atoms with Gasteiger partial charge in [0.2, 0.25) is 0 Å². The van der Waals surface area contributed by atoms with Crippen molar-refractivity contribution < 1.29 is 9.53 Å². The first-order valence-electron chi connectivity index (χ1n) is 3.09. The number of hydrogen-bond donors (Lipinski definition) is 1. The van der Waals surface area contributed by atoms with Crippen LogP contribution in [0.5, 0.6) is 0 Å². The lowest BCUT2D eigenvalue weighted by Gasteiger charge is -1.98. The molecule has 0 aliphatic carbocycles. The minimum atomic E-state index is -0.283. The van der Waals surface area contributed by atoms with E-state index >= 15 is 0 Å². The van der Waals surface area contributed by atoms with E-state index in [0.29, 0.717) is 12.3 Å². The SMILES string of the molecule is CCOC(=O)C/C(C)=N/N. The molecular weight excluding hydrogens is 132 g/mol. The van der Waals surface area contributed by atoms with Crippen molar-refractivity contribution in [2.75, 3.05) is 6.61 Å². The lowest BCUT2D eigenvalue weighted by atomic mass is 10.3. The molecule has 0 unspecified atom stereocenters. The van der Waals surface area contributed by atoms with Crippen LogP contribution in [0.4, 0.5) is 0 Å². The predicted molar refractivity (Wildman–Crippen MR) is 38.5 cm³/mol. The van der Waals surface area contributed by atoms with E-state index in [-0.39, 0.29) is 12.4 Å². The van der Waals surface area contributed by atoms with Crippen LogP contribution >= 0.6 is 0 Å². The van der Waals surface area contributed by atoms with Crippen molar-refractivity contribution in [3.63, 3.8) is 0 Å². The Bertz CT molecular complexity index is 143. The minimum absolute atomic E-state index is 0.185. The molecule has 0 aliphatic rings. The number of carbonyl (C=O) groups is 1. The van der Waals surface area contributed by atoms with Crippen LogP contribution in [0.3, 0.4) is 0 Å². The van der Waals surface area contributed by atoms with Gasteiger partial charge >= 0.3 is 5.97 Å². The molecule has 0 atom stereocenters. The summed E-state index contributed by atoms with van der Waals surface area (Å²) in [5.74, 6) is 4.61. The molecule has 0 rings (SSSR count). The summed E-state index contributed by atoms with van der Waals surface area (Å²) >= 11 is 0. The molecule has 0 aromatic rings. The van der Waals surface area contributed by atoms with Gasteiger partial charge in [-0.05, 0) is 13.8 Å². The first-order valence-corrected chi connectivity index (χ1v) is 3.09. The van der Waals surface area contributed by atoms with Crippen LogP contribution in [0.2, 0.25) is 0 Å². The van der Waals surface area contributed by atoms with E-state index in [1.807, 2.05) is 0 Å². The van der Waals surface area contributed by atoms with E-state index in [0.717, 1.165) is 0 Å². The van der Waals surface area contributed by atoms with Crippen LogP contribution in [0.25, 0.3) is 0 Å². The number of hydrazone groups is 1. The molecule has 0 amide bonds. The zero-order chi connectivity index (χ0) is 7.98. The van der Waals surface area contributed by atoms with Crippen LogP contribution in [0, 0.1) is 0 Å². The summed E-state index contributed by atoms with van der Waals surface area (Å²) in [6.07, 6.45) is 0.185. The van der Waals surface area contributed by atoms with Gasteiger partial charge in [-0.2, -0.15) is 5.10 Å². The number of carbonyl (C=O) groups excluding carboxylic acids is 1. The highest BCUT2D eigenvalue weighted by Crippen LogP contribution is 1.88. The number of nitrogens with two attached hydrogens (primary N) is 1. The smallest absolute Gasteiger partial charge is 0.311 e. The van der Waals surface area contributed by atoms with Crippen molar-refractivity contribution >= 4 is 11.7 Å². The summed E-state index contributed by atoms with van der Waals surface area (Å²) in [7, 11) is 0. The van der Waals surface area contributed by atoms with Gasteiger partial charge in [-0.25, -0.2) is 0 Å². The van der Waals surface area contributed by atoms with E-state index < -0.39 is 0 Å². The number of rotatable bonds is 3. The van der Waals surface area contributed by atoms with E-state index in [4.69, 9.17) is 5.84 Å². The van der Waals surface area contributed by atoms with Crippen molar-refractivity contribution in [1.29, 1.82) is 0 Å². The van der Waals surface area contributed by atoms with Crippen molar-refractivity contribution in [1.82, 2.24) is 0 Å². The van der Waals surface area contributed by atoms with Gasteiger partial charge in [0, 0.05) is 5.71 Å². The lowest BCUT2D eigenvalue weighted by Crippen LogP contribution is -2.09. The topological polar surface area (TPSA) is 64.7 Å². The van der Waals surface area contributed by atoms with E-state index in [1.165, 1.54) is 0 Å². The Labute approximate surface area is 60.0 Å². The molecular formula is C6H12N2O2. The van der Waals surface area contributed by atoms with Gasteiger partial charge in [-0.3, -0.25) is 4.79 Å². The third kappa shape index (κ3) is 3.88. The molecule has 0 radical (unpaired) electrons. The Hall–Kier alpha value is -1.06. The molecule has 0 saturated carbocycles. The maximum Gasteiger partial charge on any atom is 0.311 e. The highest BCUT2D eigenvalue weighted by molar-refractivity contribution is 5.97. The molecule has 0 fully saturated rings. The predicted octanol–water partition coefficient (Wildman–Crippen LogP) is 0.274. The van der Waals surface area contributed by atoms with Crippen LogP contribution in [-0.4, -0.2) is 18.3 Å². The summed E-state index contributed by atoms with van der Waals surface area (Å²) in [5, 5.41) is 3.33. The summed E-state index contributed by atoms with van der Waals surface area (Å²) < 4.78 is 4.64. The van der Waals surface area contributed by atoms with E-state index in [1.54, 1.807) is 13.8 Å². The van der Waals surface area contributed by atoms with Crippen LogP contribution in [-0.2, 0) is 9.53 Å². The van der Waals surface area contributed by atoms with E-state index in [9.17, 15) is 4.79 Å². The molecule has 2 N–H and O–H groups in total.